The second-order valence-electron chi connectivity index (χ2n) is 3.76. The maximum atomic E-state index is 13.0. The summed E-state index contributed by atoms with van der Waals surface area (Å²) >= 11 is 0. The van der Waals surface area contributed by atoms with E-state index in [1.807, 2.05) is 10.9 Å². The zero-order valence-electron chi connectivity index (χ0n) is 10.0. The van der Waals surface area contributed by atoms with Crippen LogP contribution in [0.4, 0.5) is 4.39 Å². The van der Waals surface area contributed by atoms with Crippen molar-refractivity contribution in [1.82, 2.24) is 9.55 Å². The van der Waals surface area contributed by atoms with E-state index in [1.165, 1.54) is 6.92 Å². The highest BCUT2D eigenvalue weighted by atomic mass is 19.1. The lowest BCUT2D eigenvalue weighted by Gasteiger charge is -2.30. The maximum absolute atomic E-state index is 13.0. The van der Waals surface area contributed by atoms with Crippen LogP contribution in [0.2, 0.25) is 0 Å². The van der Waals surface area contributed by atoms with Crippen LogP contribution in [0.15, 0.2) is 21.9 Å². The fraction of sp³-hybridized carbons (Fsp3) is 0.455. The molecule has 1 heterocycles. The van der Waals surface area contributed by atoms with Gasteiger partial charge in [-0.2, -0.15) is 0 Å². The van der Waals surface area contributed by atoms with Gasteiger partial charge in [-0.3, -0.25) is 14.3 Å². The maximum Gasteiger partial charge on any atom is 0.330 e. The molecule has 0 bridgehead atoms. The third-order valence-electron chi connectivity index (χ3n) is 2.49. The van der Waals surface area contributed by atoms with Crippen LogP contribution in [0.5, 0.6) is 0 Å². The number of aromatic nitrogens is 2. The number of alkyl halides is 1. The first-order valence-corrected chi connectivity index (χ1v) is 5.26. The number of nitrogens with zero attached hydrogens (tertiary/aromatic N) is 1. The van der Waals surface area contributed by atoms with Gasteiger partial charge in [-0.15, -0.1) is 6.42 Å². The average Bonchev–Trinajstić information content (AvgIpc) is 2.35. The van der Waals surface area contributed by atoms with Crippen molar-refractivity contribution in [2.24, 2.45) is 0 Å². The topological polar surface area (TPSA) is 105 Å². The zero-order chi connectivity index (χ0) is 14.6. The monoisotopic (exact) mass is 272 g/mol. The van der Waals surface area contributed by atoms with Crippen LogP contribution in [0.3, 0.4) is 0 Å². The number of hydrogen-bond acceptors (Lipinski definition) is 5. The minimum absolute atomic E-state index is 0.607. The summed E-state index contributed by atoms with van der Waals surface area (Å²) in [6.07, 6.45) is 2.40. The number of aliphatic hydroxyl groups is 2. The molecule has 0 aromatic carbocycles. The standard InChI is InChI=1S/C11H13FN2O5/c1-3-11(6-15,9(12)17)19-7(2)14-5-4-8(16)13-10(14)18/h1,4-5,7,9,15,17H,6H2,2H3,(H,13,16,18)/t7-,9-,11?/m1/s1. The number of nitrogens with one attached hydrogen (secondary N) is 1. The lowest BCUT2D eigenvalue weighted by Crippen LogP contribution is -2.47. The molecule has 19 heavy (non-hydrogen) atoms. The van der Waals surface area contributed by atoms with Crippen LogP contribution in [0.25, 0.3) is 0 Å². The molecular weight excluding hydrogens is 259 g/mol. The Kier molecular flexibility index (Phi) is 4.61. The number of aromatic amines is 1. The SMILES string of the molecule is C#CC(CO)(O[C@H](C)n1ccc(=O)[nH]c1=O)[C@@H](O)F. The van der Waals surface area contributed by atoms with Crippen molar-refractivity contribution in [3.8, 4) is 12.3 Å². The highest BCUT2D eigenvalue weighted by Gasteiger charge is 2.39. The van der Waals surface area contributed by atoms with Gasteiger partial charge in [0.15, 0.2) is 0 Å². The Hall–Kier alpha value is -1.95. The van der Waals surface area contributed by atoms with Crippen molar-refractivity contribution in [1.29, 1.82) is 0 Å². The van der Waals surface area contributed by atoms with E-state index in [4.69, 9.17) is 21.4 Å². The summed E-state index contributed by atoms with van der Waals surface area (Å²) in [5.41, 5.74) is -3.68. The van der Waals surface area contributed by atoms with Crippen LogP contribution in [-0.2, 0) is 4.74 Å². The molecule has 0 radical (unpaired) electrons. The summed E-state index contributed by atoms with van der Waals surface area (Å²) in [5.74, 6) is 1.81. The Bertz CT molecular complexity index is 588. The molecule has 1 aromatic heterocycles. The molecule has 0 aliphatic rings. The zero-order valence-corrected chi connectivity index (χ0v) is 10.0. The molecule has 0 saturated carbocycles. The first-order chi connectivity index (χ1) is 8.86. The van der Waals surface area contributed by atoms with Crippen molar-refractivity contribution in [2.75, 3.05) is 6.61 Å². The molecule has 3 atom stereocenters. The summed E-state index contributed by atoms with van der Waals surface area (Å²) in [7, 11) is 0. The van der Waals surface area contributed by atoms with Crippen molar-refractivity contribution in [3.05, 3.63) is 33.1 Å². The van der Waals surface area contributed by atoms with Crippen molar-refractivity contribution in [3.63, 3.8) is 0 Å². The molecule has 0 fully saturated rings. The normalized spacial score (nSPS) is 17.2. The molecule has 1 rings (SSSR count). The van der Waals surface area contributed by atoms with Crippen LogP contribution >= 0.6 is 0 Å². The van der Waals surface area contributed by atoms with Crippen molar-refractivity contribution in [2.45, 2.75) is 25.1 Å². The van der Waals surface area contributed by atoms with Gasteiger partial charge in [0.25, 0.3) is 5.56 Å². The summed E-state index contributed by atoms with van der Waals surface area (Å²) < 4.78 is 19.0. The van der Waals surface area contributed by atoms with Crippen molar-refractivity contribution < 1.29 is 19.3 Å². The van der Waals surface area contributed by atoms with Gasteiger partial charge in [-0.05, 0) is 6.92 Å². The average molecular weight is 272 g/mol. The Morgan fingerprint density at radius 1 is 1.68 bits per heavy atom. The first kappa shape index (κ1) is 15.1. The Morgan fingerprint density at radius 2 is 2.32 bits per heavy atom. The van der Waals surface area contributed by atoms with E-state index in [2.05, 4.69) is 0 Å². The van der Waals surface area contributed by atoms with Crippen LogP contribution in [-0.4, -0.2) is 38.3 Å². The third-order valence-corrected chi connectivity index (χ3v) is 2.49. The second kappa shape index (κ2) is 5.79. The van der Waals surface area contributed by atoms with Crippen LogP contribution in [0, 0.1) is 12.3 Å². The summed E-state index contributed by atoms with van der Waals surface area (Å²) in [5, 5.41) is 18.0. The van der Waals surface area contributed by atoms with Gasteiger partial charge >= 0.3 is 5.69 Å². The Balaban J connectivity index is 3.08. The molecule has 0 aliphatic carbocycles. The number of aliphatic hydroxyl groups excluding tert-OH is 2. The Labute approximate surface area is 107 Å². The van der Waals surface area contributed by atoms with Gasteiger partial charge in [-0.1, -0.05) is 5.92 Å². The quantitative estimate of drug-likeness (QED) is 0.579. The fourth-order valence-electron chi connectivity index (χ4n) is 1.39. The highest BCUT2D eigenvalue weighted by molar-refractivity contribution is 5.10. The number of rotatable bonds is 5. The minimum atomic E-state index is -2.64. The molecule has 0 aliphatic heterocycles. The number of halogens is 1. The molecule has 1 unspecified atom stereocenters. The largest absolute Gasteiger partial charge is 0.392 e. The number of hydrogen-bond donors (Lipinski definition) is 3. The molecule has 0 amide bonds. The highest BCUT2D eigenvalue weighted by Crippen LogP contribution is 2.22. The smallest absolute Gasteiger partial charge is 0.330 e. The minimum Gasteiger partial charge on any atom is -0.392 e. The van der Waals surface area contributed by atoms with E-state index in [0.717, 1.165) is 16.8 Å². The van der Waals surface area contributed by atoms with Gasteiger partial charge in [-0.25, -0.2) is 9.18 Å². The van der Waals surface area contributed by atoms with E-state index >= 15 is 0 Å². The summed E-state index contributed by atoms with van der Waals surface area (Å²) in [6.45, 7) is 0.355. The molecule has 8 heteroatoms. The summed E-state index contributed by atoms with van der Waals surface area (Å²) in [6, 6.07) is 1.06. The van der Waals surface area contributed by atoms with E-state index in [-0.39, 0.29) is 0 Å². The number of H-pyrrole nitrogens is 1. The fourth-order valence-corrected chi connectivity index (χ4v) is 1.39. The number of ether oxygens (including phenoxy) is 1. The van der Waals surface area contributed by atoms with Crippen LogP contribution in [0.1, 0.15) is 13.2 Å². The Morgan fingerprint density at radius 3 is 2.74 bits per heavy atom. The molecule has 1 aromatic rings. The predicted molar refractivity (Wildman–Crippen MR) is 62.9 cm³/mol. The van der Waals surface area contributed by atoms with Crippen molar-refractivity contribution >= 4 is 0 Å². The van der Waals surface area contributed by atoms with Crippen LogP contribution < -0.4 is 11.2 Å². The first-order valence-electron chi connectivity index (χ1n) is 5.26. The van der Waals surface area contributed by atoms with E-state index < -0.39 is 36.0 Å². The summed E-state index contributed by atoms with van der Waals surface area (Å²) in [4.78, 5) is 24.3. The van der Waals surface area contributed by atoms with Gasteiger partial charge < -0.3 is 14.9 Å². The number of terminal acetylenes is 1. The second-order valence-corrected chi connectivity index (χ2v) is 3.76. The third kappa shape index (κ3) is 3.08. The molecular formula is C11H13FN2O5. The molecule has 0 saturated heterocycles. The predicted octanol–water partition coefficient (Wildman–Crippen LogP) is -1.28. The van der Waals surface area contributed by atoms with E-state index in [0.29, 0.717) is 0 Å². The molecule has 104 valence electrons. The molecule has 3 N–H and O–H groups in total. The van der Waals surface area contributed by atoms with E-state index in [1.54, 1.807) is 0 Å². The van der Waals surface area contributed by atoms with Gasteiger partial charge in [0, 0.05) is 12.3 Å². The lowest BCUT2D eigenvalue weighted by atomic mass is 10.1. The van der Waals surface area contributed by atoms with E-state index in [9.17, 15) is 14.0 Å². The lowest BCUT2D eigenvalue weighted by molar-refractivity contribution is -0.196. The molecule has 7 nitrogen and oxygen atoms in total. The molecule has 0 spiro atoms. The van der Waals surface area contributed by atoms with Gasteiger partial charge in [0.05, 0.1) is 6.61 Å². The van der Waals surface area contributed by atoms with Gasteiger partial charge in [0.2, 0.25) is 12.0 Å². The van der Waals surface area contributed by atoms with Gasteiger partial charge in [0.1, 0.15) is 6.23 Å².